The van der Waals surface area contributed by atoms with Crippen LogP contribution in [0.2, 0.25) is 0 Å². The van der Waals surface area contributed by atoms with Gasteiger partial charge in [0, 0.05) is 11.6 Å². The average molecular weight is 592 g/mol. The van der Waals surface area contributed by atoms with Crippen molar-refractivity contribution in [2.75, 3.05) is 33.0 Å². The van der Waals surface area contributed by atoms with E-state index in [2.05, 4.69) is 34.6 Å². The van der Waals surface area contributed by atoms with E-state index < -0.39 is 0 Å². The molecule has 1 aliphatic carbocycles. The first kappa shape index (κ1) is 33.5. The molecule has 208 valence electrons. The van der Waals surface area contributed by atoms with Gasteiger partial charge in [0.05, 0.1) is 24.4 Å². The maximum absolute atomic E-state index is 6.54. The SMILES string of the molecule is COc1ccc2c(c1OC)CCC(N)C2CCCCCCNCCc1ccc2nc(N)sc2c1.Cl.Cl.Cl. The zero-order valence-corrected chi connectivity index (χ0v) is 24.9. The van der Waals surface area contributed by atoms with Crippen molar-refractivity contribution in [1.29, 1.82) is 0 Å². The maximum atomic E-state index is 6.54. The fourth-order valence-electron chi connectivity index (χ4n) is 5.19. The van der Waals surface area contributed by atoms with Gasteiger partial charge >= 0.3 is 0 Å². The first-order valence-corrected chi connectivity index (χ1v) is 13.3. The summed E-state index contributed by atoms with van der Waals surface area (Å²) in [5.74, 6) is 2.11. The molecule has 1 aromatic heterocycles. The molecule has 0 amide bonds. The van der Waals surface area contributed by atoms with E-state index in [0.29, 0.717) is 11.0 Å². The second-order valence-electron chi connectivity index (χ2n) is 9.23. The van der Waals surface area contributed by atoms with Gasteiger partial charge in [-0.1, -0.05) is 42.7 Å². The minimum Gasteiger partial charge on any atom is -0.493 e. The van der Waals surface area contributed by atoms with Gasteiger partial charge in [0.15, 0.2) is 16.6 Å². The Kier molecular flexibility index (Phi) is 14.9. The number of nitrogens with one attached hydrogen (secondary N) is 1. The molecule has 0 saturated heterocycles. The zero-order valence-electron chi connectivity index (χ0n) is 21.7. The first-order valence-electron chi connectivity index (χ1n) is 12.5. The number of nitrogens with zero attached hydrogens (tertiary/aromatic N) is 1. The van der Waals surface area contributed by atoms with E-state index in [0.717, 1.165) is 55.8 Å². The zero-order chi connectivity index (χ0) is 23.9. The van der Waals surface area contributed by atoms with E-state index in [-0.39, 0.29) is 43.3 Å². The van der Waals surface area contributed by atoms with Crippen LogP contribution >= 0.6 is 48.6 Å². The number of aromatic nitrogens is 1. The molecule has 1 heterocycles. The quantitative estimate of drug-likeness (QED) is 0.214. The maximum Gasteiger partial charge on any atom is 0.181 e. The van der Waals surface area contributed by atoms with Crippen molar-refractivity contribution in [1.82, 2.24) is 10.3 Å². The molecule has 10 heteroatoms. The molecule has 0 radical (unpaired) electrons. The molecule has 0 fully saturated rings. The Bertz CT molecular complexity index is 1100. The van der Waals surface area contributed by atoms with Crippen LogP contribution in [0.1, 0.15) is 61.1 Å². The predicted molar refractivity (Wildman–Crippen MR) is 164 cm³/mol. The third-order valence-corrected chi connectivity index (χ3v) is 7.85. The summed E-state index contributed by atoms with van der Waals surface area (Å²) >= 11 is 1.56. The van der Waals surface area contributed by atoms with Crippen molar-refractivity contribution < 1.29 is 9.47 Å². The Morgan fingerprint density at radius 2 is 1.78 bits per heavy atom. The highest BCUT2D eigenvalue weighted by molar-refractivity contribution is 7.22. The highest BCUT2D eigenvalue weighted by atomic mass is 35.5. The number of nitrogens with two attached hydrogens (primary N) is 2. The Balaban J connectivity index is 0.00000228. The van der Waals surface area contributed by atoms with Gasteiger partial charge in [-0.05, 0) is 80.4 Å². The molecule has 5 N–H and O–H groups in total. The van der Waals surface area contributed by atoms with Crippen LogP contribution in [0.3, 0.4) is 0 Å². The van der Waals surface area contributed by atoms with E-state index >= 15 is 0 Å². The topological polar surface area (TPSA) is 95.4 Å². The van der Waals surface area contributed by atoms with Gasteiger partial charge in [-0.3, -0.25) is 0 Å². The highest BCUT2D eigenvalue weighted by Crippen LogP contribution is 2.43. The highest BCUT2D eigenvalue weighted by Gasteiger charge is 2.29. The number of thiazole rings is 1. The minimum absolute atomic E-state index is 0. The van der Waals surface area contributed by atoms with E-state index in [4.69, 9.17) is 20.9 Å². The lowest BCUT2D eigenvalue weighted by Gasteiger charge is -2.32. The summed E-state index contributed by atoms with van der Waals surface area (Å²) in [5.41, 5.74) is 17.3. The number of hydrogen-bond donors (Lipinski definition) is 3. The first-order chi connectivity index (χ1) is 16.6. The van der Waals surface area contributed by atoms with Crippen LogP contribution in [0.5, 0.6) is 11.5 Å². The lowest BCUT2D eigenvalue weighted by Crippen LogP contribution is -2.33. The fraction of sp³-hybridized carbons (Fsp3) is 0.519. The number of rotatable bonds is 12. The molecule has 4 rings (SSSR count). The summed E-state index contributed by atoms with van der Waals surface area (Å²) in [6, 6.07) is 10.9. The van der Waals surface area contributed by atoms with Crippen molar-refractivity contribution in [2.45, 2.75) is 63.3 Å². The summed E-state index contributed by atoms with van der Waals surface area (Å²) in [6.07, 6.45) is 9.06. The molecule has 2 aromatic carbocycles. The van der Waals surface area contributed by atoms with Gasteiger partial charge in [-0.15, -0.1) is 37.2 Å². The van der Waals surface area contributed by atoms with Gasteiger partial charge in [0.2, 0.25) is 0 Å². The molecule has 3 aromatic rings. The second kappa shape index (κ2) is 16.5. The molecule has 1 aliphatic rings. The molecule has 6 nitrogen and oxygen atoms in total. The molecule has 0 saturated carbocycles. The van der Waals surface area contributed by atoms with Crippen molar-refractivity contribution in [3.63, 3.8) is 0 Å². The number of unbranched alkanes of at least 4 members (excludes halogenated alkanes) is 3. The number of benzene rings is 2. The Morgan fingerprint density at radius 3 is 2.54 bits per heavy atom. The van der Waals surface area contributed by atoms with E-state index in [1.54, 1.807) is 25.6 Å². The van der Waals surface area contributed by atoms with Crippen LogP contribution in [-0.2, 0) is 12.8 Å². The minimum atomic E-state index is 0. The number of nitrogen functional groups attached to an aromatic ring is 1. The molecule has 37 heavy (non-hydrogen) atoms. The van der Waals surface area contributed by atoms with Crippen molar-refractivity contribution >= 4 is 63.9 Å². The van der Waals surface area contributed by atoms with Crippen molar-refractivity contribution in [3.05, 3.63) is 47.0 Å². The van der Waals surface area contributed by atoms with E-state index in [1.807, 2.05) is 6.07 Å². The summed E-state index contributed by atoms with van der Waals surface area (Å²) in [7, 11) is 3.43. The van der Waals surface area contributed by atoms with Gasteiger partial charge in [-0.25, -0.2) is 4.98 Å². The van der Waals surface area contributed by atoms with Gasteiger partial charge in [-0.2, -0.15) is 0 Å². The molecule has 0 spiro atoms. The number of methoxy groups -OCH3 is 2. The molecule has 0 bridgehead atoms. The smallest absolute Gasteiger partial charge is 0.181 e. The van der Waals surface area contributed by atoms with Crippen LogP contribution in [0.25, 0.3) is 10.2 Å². The third kappa shape index (κ3) is 8.50. The summed E-state index contributed by atoms with van der Waals surface area (Å²) in [4.78, 5) is 4.32. The molecule has 2 unspecified atom stereocenters. The number of halogens is 3. The Morgan fingerprint density at radius 1 is 1.00 bits per heavy atom. The standard InChI is InChI=1S/C27H38N4O2S.3ClH/c1-32-24-13-10-19-20(22(28)11-9-21(19)26(24)33-2)7-5-3-4-6-15-30-16-14-18-8-12-23-25(17-18)34-27(29)31-23;;;/h8,10,12-13,17,20,22,30H,3-7,9,11,14-16,28H2,1-2H3,(H2,29,31);3*1H. The van der Waals surface area contributed by atoms with Crippen LogP contribution in [-0.4, -0.2) is 38.3 Å². The van der Waals surface area contributed by atoms with Crippen LogP contribution in [0.15, 0.2) is 30.3 Å². The molecule has 0 aliphatic heterocycles. The average Bonchev–Trinajstić information content (AvgIpc) is 3.22. The third-order valence-electron chi connectivity index (χ3n) is 7.01. The lowest BCUT2D eigenvalue weighted by atomic mass is 9.76. The lowest BCUT2D eigenvalue weighted by molar-refractivity contribution is 0.343. The van der Waals surface area contributed by atoms with Gasteiger partial charge in [0.1, 0.15) is 0 Å². The number of hydrogen-bond acceptors (Lipinski definition) is 7. The Labute approximate surface area is 243 Å². The van der Waals surface area contributed by atoms with Crippen LogP contribution in [0, 0.1) is 0 Å². The molecular weight excluding hydrogens is 551 g/mol. The van der Waals surface area contributed by atoms with Crippen molar-refractivity contribution in [2.24, 2.45) is 5.73 Å². The number of ether oxygens (including phenoxy) is 2. The number of anilines is 1. The second-order valence-corrected chi connectivity index (χ2v) is 10.3. The fourth-order valence-corrected chi connectivity index (χ4v) is 5.99. The van der Waals surface area contributed by atoms with Crippen LogP contribution < -0.4 is 26.3 Å². The number of fused-ring (bicyclic) bond motifs is 2. The van der Waals surface area contributed by atoms with E-state index in [1.165, 1.54) is 47.1 Å². The van der Waals surface area contributed by atoms with Gasteiger partial charge < -0.3 is 26.3 Å². The van der Waals surface area contributed by atoms with Crippen molar-refractivity contribution in [3.8, 4) is 11.5 Å². The van der Waals surface area contributed by atoms with Gasteiger partial charge in [0.25, 0.3) is 0 Å². The predicted octanol–water partition coefficient (Wildman–Crippen LogP) is 6.30. The monoisotopic (exact) mass is 590 g/mol. The molecule has 2 atom stereocenters. The molecular formula is C27H41Cl3N4O2S. The Hall–Kier alpha value is -1.48. The van der Waals surface area contributed by atoms with E-state index in [9.17, 15) is 0 Å². The largest absolute Gasteiger partial charge is 0.493 e. The summed E-state index contributed by atoms with van der Waals surface area (Å²) in [6.45, 7) is 2.07. The normalized spacial score (nSPS) is 16.2. The summed E-state index contributed by atoms with van der Waals surface area (Å²) in [5, 5.41) is 4.23. The van der Waals surface area contributed by atoms with Crippen LogP contribution in [0.4, 0.5) is 5.13 Å². The summed E-state index contributed by atoms with van der Waals surface area (Å²) < 4.78 is 12.3.